The molecule has 29 heavy (non-hydrogen) atoms. The Morgan fingerprint density at radius 2 is 1.62 bits per heavy atom. The van der Waals surface area contributed by atoms with E-state index in [0.717, 1.165) is 47.7 Å². The molecule has 2 aromatic carbocycles. The van der Waals surface area contributed by atoms with Crippen molar-refractivity contribution in [1.29, 1.82) is 0 Å². The molecule has 7 heteroatoms. The number of benzene rings is 2. The summed E-state index contributed by atoms with van der Waals surface area (Å²) in [7, 11) is 0. The molecule has 1 fully saturated rings. The van der Waals surface area contributed by atoms with Crippen molar-refractivity contribution in [2.24, 2.45) is 0 Å². The first-order chi connectivity index (χ1) is 14.2. The lowest BCUT2D eigenvalue weighted by molar-refractivity contribution is -0.117. The van der Waals surface area contributed by atoms with Crippen LogP contribution in [-0.2, 0) is 4.79 Å². The quantitative estimate of drug-likeness (QED) is 0.622. The minimum absolute atomic E-state index is 0.0987. The van der Waals surface area contributed by atoms with E-state index in [-0.39, 0.29) is 17.7 Å². The van der Waals surface area contributed by atoms with Crippen LogP contribution in [0.5, 0.6) is 0 Å². The van der Waals surface area contributed by atoms with E-state index in [1.807, 2.05) is 54.6 Å². The van der Waals surface area contributed by atoms with Gasteiger partial charge in [0.05, 0.1) is 5.75 Å². The molecule has 0 unspecified atom stereocenters. The van der Waals surface area contributed by atoms with Gasteiger partial charge in [-0.3, -0.25) is 10.1 Å². The number of imide groups is 1. The number of nitrogens with one attached hydrogen (secondary N) is 2. The standard InChI is InChI=1S/C22H22N4O2S/c27-19(24-22(28)23-16-10-4-5-11-16)14-29-21-18-13-7-6-12-17(18)20(25-26-21)15-8-2-1-3-9-15/h1-3,6-9,12-13,16H,4-5,10-11,14H2,(H2,23,24,27,28). The molecule has 0 atom stereocenters. The lowest BCUT2D eigenvalue weighted by Gasteiger charge is -2.12. The van der Waals surface area contributed by atoms with Crippen molar-refractivity contribution in [3.63, 3.8) is 0 Å². The summed E-state index contributed by atoms with van der Waals surface area (Å²) < 4.78 is 0. The third-order valence-corrected chi connectivity index (χ3v) is 5.97. The number of urea groups is 1. The molecule has 1 heterocycles. The summed E-state index contributed by atoms with van der Waals surface area (Å²) in [6.45, 7) is 0. The van der Waals surface area contributed by atoms with Crippen LogP contribution in [0.3, 0.4) is 0 Å². The Hall–Kier alpha value is -2.93. The zero-order chi connectivity index (χ0) is 20.1. The van der Waals surface area contributed by atoms with Crippen LogP contribution in [0.15, 0.2) is 59.6 Å². The molecule has 1 aromatic heterocycles. The molecule has 3 aromatic rings. The number of nitrogens with zero attached hydrogens (tertiary/aromatic N) is 2. The van der Waals surface area contributed by atoms with Gasteiger partial charge in [-0.15, -0.1) is 10.2 Å². The summed E-state index contributed by atoms with van der Waals surface area (Å²) in [5.74, 6) is -0.245. The van der Waals surface area contributed by atoms with E-state index in [9.17, 15) is 9.59 Å². The highest BCUT2D eigenvalue weighted by Crippen LogP contribution is 2.31. The van der Waals surface area contributed by atoms with Crippen LogP contribution in [0.25, 0.3) is 22.0 Å². The average Bonchev–Trinajstić information content (AvgIpc) is 3.25. The summed E-state index contributed by atoms with van der Waals surface area (Å²) in [5.41, 5.74) is 1.81. The van der Waals surface area contributed by atoms with Crippen LogP contribution in [0, 0.1) is 0 Å². The molecular weight excluding hydrogens is 384 g/mol. The molecule has 4 rings (SSSR count). The van der Waals surface area contributed by atoms with E-state index in [0.29, 0.717) is 5.03 Å². The highest BCUT2D eigenvalue weighted by molar-refractivity contribution is 8.00. The molecule has 0 aliphatic heterocycles. The van der Waals surface area contributed by atoms with Gasteiger partial charge in [0.2, 0.25) is 5.91 Å². The first kappa shape index (κ1) is 19.4. The maximum atomic E-state index is 12.2. The lowest BCUT2D eigenvalue weighted by atomic mass is 10.1. The normalized spacial score (nSPS) is 14.1. The lowest BCUT2D eigenvalue weighted by Crippen LogP contribution is -2.44. The first-order valence-corrected chi connectivity index (χ1v) is 10.7. The molecule has 6 nitrogen and oxygen atoms in total. The van der Waals surface area contributed by atoms with Crippen molar-refractivity contribution in [2.45, 2.75) is 36.8 Å². The Balaban J connectivity index is 1.44. The van der Waals surface area contributed by atoms with Gasteiger partial charge in [0.15, 0.2) is 0 Å². The summed E-state index contributed by atoms with van der Waals surface area (Å²) >= 11 is 1.28. The maximum Gasteiger partial charge on any atom is 0.321 e. The largest absolute Gasteiger partial charge is 0.335 e. The molecule has 1 aliphatic rings. The zero-order valence-corrected chi connectivity index (χ0v) is 16.7. The second-order valence-electron chi connectivity index (χ2n) is 7.06. The summed E-state index contributed by atoms with van der Waals surface area (Å²) in [6, 6.07) is 17.5. The first-order valence-electron chi connectivity index (χ1n) is 9.75. The van der Waals surface area contributed by atoms with Crippen molar-refractivity contribution in [2.75, 3.05) is 5.75 Å². The van der Waals surface area contributed by atoms with Gasteiger partial charge in [0.1, 0.15) is 10.7 Å². The summed E-state index contributed by atoms with van der Waals surface area (Å²) in [6.07, 6.45) is 4.20. The number of fused-ring (bicyclic) bond motifs is 1. The number of carbonyl (C=O) groups excluding carboxylic acids is 2. The van der Waals surface area contributed by atoms with E-state index >= 15 is 0 Å². The third-order valence-electron chi connectivity index (χ3n) is 4.98. The highest BCUT2D eigenvalue weighted by atomic mass is 32.2. The Labute approximate surface area is 173 Å². The second kappa shape index (κ2) is 9.05. The number of carbonyl (C=O) groups is 2. The van der Waals surface area contributed by atoms with E-state index in [1.165, 1.54) is 11.8 Å². The van der Waals surface area contributed by atoms with Crippen molar-refractivity contribution in [1.82, 2.24) is 20.8 Å². The van der Waals surface area contributed by atoms with Crippen LogP contribution >= 0.6 is 11.8 Å². The molecule has 1 saturated carbocycles. The highest BCUT2D eigenvalue weighted by Gasteiger charge is 2.18. The molecule has 148 valence electrons. The molecule has 0 saturated heterocycles. The van der Waals surface area contributed by atoms with Crippen molar-refractivity contribution >= 4 is 34.5 Å². The SMILES string of the molecule is O=C(CSc1nnc(-c2ccccc2)c2ccccc12)NC(=O)NC1CCCC1. The fourth-order valence-electron chi connectivity index (χ4n) is 3.58. The Morgan fingerprint density at radius 1 is 0.931 bits per heavy atom. The zero-order valence-electron chi connectivity index (χ0n) is 15.9. The molecule has 3 amide bonds. The molecule has 0 spiro atoms. The number of amides is 3. The van der Waals surface area contributed by atoms with Crippen LogP contribution < -0.4 is 10.6 Å². The van der Waals surface area contributed by atoms with E-state index < -0.39 is 6.03 Å². The van der Waals surface area contributed by atoms with Crippen molar-refractivity contribution in [3.8, 4) is 11.3 Å². The predicted molar refractivity (Wildman–Crippen MR) is 115 cm³/mol. The maximum absolute atomic E-state index is 12.2. The van der Waals surface area contributed by atoms with Gasteiger partial charge in [-0.05, 0) is 12.8 Å². The monoisotopic (exact) mass is 406 g/mol. The number of hydrogen-bond acceptors (Lipinski definition) is 5. The van der Waals surface area contributed by atoms with E-state index in [2.05, 4.69) is 20.8 Å². The molecule has 1 aliphatic carbocycles. The number of thioether (sulfide) groups is 1. The van der Waals surface area contributed by atoms with E-state index in [1.54, 1.807) is 0 Å². The van der Waals surface area contributed by atoms with Crippen LogP contribution in [0.1, 0.15) is 25.7 Å². The average molecular weight is 407 g/mol. The fourth-order valence-corrected chi connectivity index (χ4v) is 4.36. The fraction of sp³-hybridized carbons (Fsp3) is 0.273. The van der Waals surface area contributed by atoms with Gasteiger partial charge < -0.3 is 5.32 Å². The Bertz CT molecular complexity index is 1020. The van der Waals surface area contributed by atoms with Gasteiger partial charge in [-0.2, -0.15) is 0 Å². The minimum Gasteiger partial charge on any atom is -0.335 e. The van der Waals surface area contributed by atoms with Gasteiger partial charge in [0, 0.05) is 22.4 Å². The number of rotatable bonds is 5. The van der Waals surface area contributed by atoms with Crippen molar-refractivity contribution in [3.05, 3.63) is 54.6 Å². The number of hydrogen-bond donors (Lipinski definition) is 2. The van der Waals surface area contributed by atoms with Crippen LogP contribution in [-0.4, -0.2) is 33.9 Å². The molecule has 0 radical (unpaired) electrons. The van der Waals surface area contributed by atoms with E-state index in [4.69, 9.17) is 0 Å². The van der Waals surface area contributed by atoms with Gasteiger partial charge in [-0.25, -0.2) is 4.79 Å². The smallest absolute Gasteiger partial charge is 0.321 e. The third kappa shape index (κ3) is 4.74. The second-order valence-corrected chi connectivity index (χ2v) is 8.02. The van der Waals surface area contributed by atoms with Crippen LogP contribution in [0.2, 0.25) is 0 Å². The Kier molecular flexibility index (Phi) is 6.05. The topological polar surface area (TPSA) is 84.0 Å². The Morgan fingerprint density at radius 3 is 2.38 bits per heavy atom. The number of aromatic nitrogens is 2. The minimum atomic E-state index is -0.419. The van der Waals surface area contributed by atoms with Crippen molar-refractivity contribution < 1.29 is 9.59 Å². The predicted octanol–water partition coefficient (Wildman–Crippen LogP) is 4.16. The summed E-state index contributed by atoms with van der Waals surface area (Å²) in [5, 5.41) is 16.6. The van der Waals surface area contributed by atoms with Gasteiger partial charge >= 0.3 is 6.03 Å². The molecule has 2 N–H and O–H groups in total. The molecular formula is C22H22N4O2S. The van der Waals surface area contributed by atoms with Crippen LogP contribution in [0.4, 0.5) is 4.79 Å². The van der Waals surface area contributed by atoms with Gasteiger partial charge in [0.25, 0.3) is 0 Å². The molecule has 0 bridgehead atoms. The van der Waals surface area contributed by atoms with Gasteiger partial charge in [-0.1, -0.05) is 79.2 Å². The summed E-state index contributed by atoms with van der Waals surface area (Å²) in [4.78, 5) is 24.1.